The van der Waals surface area contributed by atoms with Gasteiger partial charge in [0.25, 0.3) is 0 Å². The maximum atomic E-state index is 9.92. The zero-order valence-corrected chi connectivity index (χ0v) is 16.7. The van der Waals surface area contributed by atoms with Crippen molar-refractivity contribution in [3.8, 4) is 11.5 Å². The van der Waals surface area contributed by atoms with Gasteiger partial charge in [0.15, 0.2) is 0 Å². The van der Waals surface area contributed by atoms with Crippen LogP contribution in [0.1, 0.15) is 38.8 Å². The Morgan fingerprint density at radius 2 is 1.08 bits per heavy atom. The fraction of sp³-hybridized carbons (Fsp3) is 0.300. The summed E-state index contributed by atoms with van der Waals surface area (Å²) >= 11 is 11.9. The number of aliphatic imine (C=N–C) groups is 2. The van der Waals surface area contributed by atoms with Crippen molar-refractivity contribution >= 4 is 35.6 Å². The monoisotopic (exact) mass is 392 g/mol. The van der Waals surface area contributed by atoms with E-state index in [4.69, 9.17) is 23.2 Å². The maximum Gasteiger partial charge on any atom is 0.124 e. The lowest BCUT2D eigenvalue weighted by Gasteiger charge is -2.35. The van der Waals surface area contributed by atoms with Gasteiger partial charge in [-0.2, -0.15) is 0 Å². The summed E-state index contributed by atoms with van der Waals surface area (Å²) in [7, 11) is 0. The van der Waals surface area contributed by atoms with Gasteiger partial charge < -0.3 is 10.2 Å². The quantitative estimate of drug-likeness (QED) is 0.659. The molecule has 0 atom stereocenters. The third-order valence-electron chi connectivity index (χ3n) is 4.53. The number of aromatic hydroxyl groups is 2. The molecule has 0 unspecified atom stereocenters. The van der Waals surface area contributed by atoms with E-state index in [2.05, 4.69) is 9.98 Å². The zero-order chi connectivity index (χ0) is 19.5. The molecule has 2 aromatic rings. The number of phenols is 2. The van der Waals surface area contributed by atoms with Crippen molar-refractivity contribution < 1.29 is 10.2 Å². The number of phenolic OH excluding ortho intramolecular Hbond substituents is 2. The Kier molecular flexibility index (Phi) is 5.99. The lowest BCUT2D eigenvalue weighted by atomic mass is 9.83. The van der Waals surface area contributed by atoms with Gasteiger partial charge in [-0.05, 0) is 64.1 Å². The van der Waals surface area contributed by atoms with E-state index in [1.54, 1.807) is 36.7 Å². The fourth-order valence-corrected chi connectivity index (χ4v) is 2.40. The van der Waals surface area contributed by atoms with Gasteiger partial charge >= 0.3 is 0 Å². The summed E-state index contributed by atoms with van der Waals surface area (Å²) in [6.45, 7) is 7.78. The molecule has 0 fully saturated rings. The maximum absolute atomic E-state index is 9.92. The van der Waals surface area contributed by atoms with Crippen molar-refractivity contribution in [1.82, 2.24) is 0 Å². The smallest absolute Gasteiger partial charge is 0.124 e. The standard InChI is InChI=1S/C20H22Cl2N2O2/c1-19(2,23-11-13-9-15(21)5-7-17(13)25)20(3,4)24-12-14-10-16(22)6-8-18(14)26/h5-12,25-26H,1-4H3. The topological polar surface area (TPSA) is 65.2 Å². The van der Waals surface area contributed by atoms with Crippen molar-refractivity contribution in [3.05, 3.63) is 57.6 Å². The number of hydrogen-bond donors (Lipinski definition) is 2. The van der Waals surface area contributed by atoms with Gasteiger partial charge in [0.1, 0.15) is 11.5 Å². The van der Waals surface area contributed by atoms with Crippen molar-refractivity contribution in [1.29, 1.82) is 0 Å². The summed E-state index contributed by atoms with van der Waals surface area (Å²) in [5.74, 6) is 0.221. The summed E-state index contributed by atoms with van der Waals surface area (Å²) < 4.78 is 0. The van der Waals surface area contributed by atoms with Crippen molar-refractivity contribution in [2.75, 3.05) is 0 Å². The Balaban J connectivity index is 2.28. The van der Waals surface area contributed by atoms with E-state index in [1.807, 2.05) is 27.7 Å². The summed E-state index contributed by atoms with van der Waals surface area (Å²) in [6, 6.07) is 9.59. The van der Waals surface area contributed by atoms with Crippen LogP contribution in [-0.2, 0) is 0 Å². The molecule has 0 aromatic heterocycles. The highest BCUT2D eigenvalue weighted by atomic mass is 35.5. The molecule has 0 spiro atoms. The molecule has 0 bridgehead atoms. The molecule has 0 aliphatic heterocycles. The fourth-order valence-electron chi connectivity index (χ4n) is 2.04. The number of nitrogens with zero attached hydrogens (tertiary/aromatic N) is 2. The number of hydrogen-bond acceptors (Lipinski definition) is 4. The first-order valence-corrected chi connectivity index (χ1v) is 8.85. The number of halogens is 2. The Morgan fingerprint density at radius 1 is 0.731 bits per heavy atom. The molecular formula is C20H22Cl2N2O2. The molecular weight excluding hydrogens is 371 g/mol. The Labute approximate surface area is 163 Å². The summed E-state index contributed by atoms with van der Waals surface area (Å²) in [5, 5.41) is 20.9. The average Bonchev–Trinajstić information content (AvgIpc) is 2.56. The highest BCUT2D eigenvalue weighted by Gasteiger charge is 2.35. The van der Waals surface area contributed by atoms with Gasteiger partial charge in [-0.3, -0.25) is 9.98 Å². The predicted octanol–water partition coefficient (Wildman–Crippen LogP) is 5.50. The Morgan fingerprint density at radius 3 is 1.42 bits per heavy atom. The van der Waals surface area contributed by atoms with E-state index in [0.29, 0.717) is 21.2 Å². The molecule has 0 amide bonds. The SMILES string of the molecule is CC(C)(N=Cc1cc(Cl)ccc1O)C(C)(C)N=Cc1cc(Cl)ccc1O. The van der Waals surface area contributed by atoms with Crippen molar-refractivity contribution in [2.24, 2.45) is 9.98 Å². The first-order valence-electron chi connectivity index (χ1n) is 8.09. The van der Waals surface area contributed by atoms with Crippen LogP contribution >= 0.6 is 23.2 Å². The van der Waals surface area contributed by atoms with Crippen LogP contribution in [0.4, 0.5) is 0 Å². The van der Waals surface area contributed by atoms with E-state index >= 15 is 0 Å². The van der Waals surface area contributed by atoms with E-state index in [-0.39, 0.29) is 11.5 Å². The number of rotatable bonds is 5. The normalized spacial score (nSPS) is 13.0. The van der Waals surface area contributed by atoms with Crippen LogP contribution in [0.5, 0.6) is 11.5 Å². The second-order valence-corrected chi connectivity index (χ2v) is 7.91. The second kappa shape index (κ2) is 7.68. The van der Waals surface area contributed by atoms with Gasteiger partial charge in [0.05, 0.1) is 11.1 Å². The third-order valence-corrected chi connectivity index (χ3v) is 5.00. The molecule has 6 heteroatoms. The average molecular weight is 393 g/mol. The van der Waals surface area contributed by atoms with Crippen LogP contribution in [0.15, 0.2) is 46.4 Å². The highest BCUT2D eigenvalue weighted by Crippen LogP contribution is 2.31. The van der Waals surface area contributed by atoms with E-state index in [9.17, 15) is 10.2 Å². The van der Waals surface area contributed by atoms with Crippen LogP contribution in [0.25, 0.3) is 0 Å². The van der Waals surface area contributed by atoms with E-state index in [0.717, 1.165) is 0 Å². The third kappa shape index (κ3) is 4.77. The van der Waals surface area contributed by atoms with Crippen LogP contribution < -0.4 is 0 Å². The molecule has 0 radical (unpaired) electrons. The lowest BCUT2D eigenvalue weighted by Crippen LogP contribution is -2.42. The summed E-state index contributed by atoms with van der Waals surface area (Å²) in [5.41, 5.74) is -0.102. The zero-order valence-electron chi connectivity index (χ0n) is 15.2. The highest BCUT2D eigenvalue weighted by molar-refractivity contribution is 6.31. The molecule has 0 saturated heterocycles. The minimum atomic E-state index is -0.591. The van der Waals surface area contributed by atoms with Crippen molar-refractivity contribution in [2.45, 2.75) is 38.8 Å². The molecule has 0 saturated carbocycles. The van der Waals surface area contributed by atoms with Crippen molar-refractivity contribution in [3.63, 3.8) is 0 Å². The molecule has 2 N–H and O–H groups in total. The van der Waals surface area contributed by atoms with Gasteiger partial charge in [-0.25, -0.2) is 0 Å². The van der Waals surface area contributed by atoms with Gasteiger partial charge in [-0.15, -0.1) is 0 Å². The van der Waals surface area contributed by atoms with Crippen LogP contribution in [0, 0.1) is 0 Å². The first kappa shape index (κ1) is 20.3. The van der Waals surface area contributed by atoms with E-state index in [1.165, 1.54) is 12.1 Å². The van der Waals surface area contributed by atoms with Gasteiger partial charge in [0, 0.05) is 33.6 Å². The predicted molar refractivity (Wildman–Crippen MR) is 110 cm³/mol. The van der Waals surface area contributed by atoms with E-state index < -0.39 is 11.1 Å². The molecule has 0 aliphatic rings. The second-order valence-electron chi connectivity index (χ2n) is 7.04. The van der Waals surface area contributed by atoms with Crippen LogP contribution in [-0.4, -0.2) is 33.7 Å². The molecule has 2 aromatic carbocycles. The molecule has 26 heavy (non-hydrogen) atoms. The van der Waals surface area contributed by atoms with Gasteiger partial charge in [0.2, 0.25) is 0 Å². The van der Waals surface area contributed by atoms with Crippen LogP contribution in [0.3, 0.4) is 0 Å². The largest absolute Gasteiger partial charge is 0.507 e. The Bertz CT molecular complexity index is 787. The van der Waals surface area contributed by atoms with Gasteiger partial charge in [-0.1, -0.05) is 23.2 Å². The molecule has 0 heterocycles. The molecule has 0 aliphatic carbocycles. The molecule has 4 nitrogen and oxygen atoms in total. The first-order chi connectivity index (χ1) is 12.0. The summed E-state index contributed by atoms with van der Waals surface area (Å²) in [4.78, 5) is 9.21. The minimum absolute atomic E-state index is 0.110. The molecule has 2 rings (SSSR count). The molecule has 138 valence electrons. The lowest BCUT2D eigenvalue weighted by molar-refractivity contribution is 0.317. The van der Waals surface area contributed by atoms with Crippen LogP contribution in [0.2, 0.25) is 10.0 Å². The number of benzene rings is 2. The minimum Gasteiger partial charge on any atom is -0.507 e. The Hall–Kier alpha value is -2.04. The summed E-state index contributed by atoms with van der Waals surface area (Å²) in [6.07, 6.45) is 3.19.